The second kappa shape index (κ2) is 12.6. The summed E-state index contributed by atoms with van der Waals surface area (Å²) in [6.07, 6.45) is 1.94. The van der Waals surface area contributed by atoms with Crippen molar-refractivity contribution >= 4 is 12.0 Å². The molecule has 2 saturated heterocycles. The molecule has 2 fully saturated rings. The number of aromatic nitrogens is 1. The summed E-state index contributed by atoms with van der Waals surface area (Å²) in [6.45, 7) is 6.03. The van der Waals surface area contributed by atoms with Crippen LogP contribution >= 0.6 is 0 Å². The van der Waals surface area contributed by atoms with Crippen LogP contribution in [-0.2, 0) is 11.3 Å². The predicted molar refractivity (Wildman–Crippen MR) is 126 cm³/mol. The summed E-state index contributed by atoms with van der Waals surface area (Å²) in [5.41, 5.74) is 1.26. The fourth-order valence-corrected chi connectivity index (χ4v) is 4.54. The van der Waals surface area contributed by atoms with Gasteiger partial charge in [-0.1, -0.05) is 24.3 Å². The summed E-state index contributed by atoms with van der Waals surface area (Å²) in [4.78, 5) is 30.1. The van der Waals surface area contributed by atoms with E-state index in [2.05, 4.69) is 15.2 Å². The number of urea groups is 1. The number of nitrogens with zero attached hydrogens (tertiary/aromatic N) is 3. The molecule has 1 unspecified atom stereocenters. The Morgan fingerprint density at radius 1 is 1.08 bits per heavy atom. The van der Waals surface area contributed by atoms with E-state index in [-0.39, 0.29) is 11.4 Å². The maximum atomic E-state index is 12.6. The van der Waals surface area contributed by atoms with Gasteiger partial charge in [0.25, 0.3) is 0 Å². The fraction of sp³-hybridized carbons (Fsp3) is 0.480. The Kier molecular flexibility index (Phi) is 9.51. The van der Waals surface area contributed by atoms with Crippen LogP contribution < -0.4 is 10.1 Å². The first-order valence-electron chi connectivity index (χ1n) is 11.8. The average Bonchev–Trinajstić information content (AvgIpc) is 3.26. The molecule has 3 heterocycles. The minimum Gasteiger partial charge on any atom is -0.492 e. The summed E-state index contributed by atoms with van der Waals surface area (Å²) in [5.74, 6) is -1.83. The minimum atomic E-state index is -5.08. The topological polar surface area (TPSA) is 95.0 Å². The highest BCUT2D eigenvalue weighted by atomic mass is 19.4. The summed E-state index contributed by atoms with van der Waals surface area (Å²) in [7, 11) is 0. The van der Waals surface area contributed by atoms with Gasteiger partial charge in [0.2, 0.25) is 0 Å². The number of nitrogens with one attached hydrogen (secondary N) is 1. The van der Waals surface area contributed by atoms with Crippen molar-refractivity contribution in [3.63, 3.8) is 0 Å². The zero-order valence-corrected chi connectivity index (χ0v) is 19.9. The van der Waals surface area contributed by atoms with Gasteiger partial charge in [0.15, 0.2) is 0 Å². The van der Waals surface area contributed by atoms with Crippen LogP contribution in [0.5, 0.6) is 5.75 Å². The third-order valence-electron chi connectivity index (χ3n) is 6.29. The maximum absolute atomic E-state index is 12.6. The van der Waals surface area contributed by atoms with Crippen LogP contribution in [0.15, 0.2) is 54.9 Å². The number of amides is 2. The van der Waals surface area contributed by atoms with E-state index in [9.17, 15) is 18.0 Å². The van der Waals surface area contributed by atoms with Gasteiger partial charge in [0.1, 0.15) is 12.4 Å². The number of hydrogen-bond acceptors (Lipinski definition) is 5. The maximum Gasteiger partial charge on any atom is 0.490 e. The molecular formula is C25H31F3N4O4. The van der Waals surface area contributed by atoms with Gasteiger partial charge >= 0.3 is 18.2 Å². The number of piperidine rings is 1. The summed E-state index contributed by atoms with van der Waals surface area (Å²) >= 11 is 0. The van der Waals surface area contributed by atoms with Crippen LogP contribution in [0.4, 0.5) is 18.0 Å². The molecular weight excluding hydrogens is 477 g/mol. The molecule has 1 aromatic carbocycles. The molecule has 2 aromatic rings. The largest absolute Gasteiger partial charge is 0.492 e. The van der Waals surface area contributed by atoms with E-state index in [0.717, 1.165) is 50.5 Å². The molecule has 2 N–H and O–H groups in total. The molecule has 11 heteroatoms. The third-order valence-corrected chi connectivity index (χ3v) is 6.29. The van der Waals surface area contributed by atoms with E-state index >= 15 is 0 Å². The number of halogens is 3. The molecule has 2 amide bonds. The molecule has 0 saturated carbocycles. The molecule has 36 heavy (non-hydrogen) atoms. The number of carboxylic acid groups (broad SMARTS) is 1. The molecule has 1 atom stereocenters. The van der Waals surface area contributed by atoms with Gasteiger partial charge in [-0.05, 0) is 49.6 Å². The Bertz CT molecular complexity index is 978. The van der Waals surface area contributed by atoms with Crippen LogP contribution in [0, 0.1) is 5.41 Å². The summed E-state index contributed by atoms with van der Waals surface area (Å²) in [5, 5.41) is 10.2. The fourth-order valence-electron chi connectivity index (χ4n) is 4.54. The Balaban J connectivity index is 0.000000454. The number of benzene rings is 1. The lowest BCUT2D eigenvalue weighted by Crippen LogP contribution is -2.47. The van der Waals surface area contributed by atoms with Gasteiger partial charge in [-0.15, -0.1) is 0 Å². The molecule has 0 bridgehead atoms. The number of likely N-dealkylation sites (tertiary alicyclic amines) is 2. The Labute approximate surface area is 208 Å². The lowest BCUT2D eigenvalue weighted by Gasteiger charge is -2.40. The van der Waals surface area contributed by atoms with Gasteiger partial charge < -0.3 is 20.1 Å². The van der Waals surface area contributed by atoms with Crippen LogP contribution in [0.3, 0.4) is 0 Å². The van der Waals surface area contributed by atoms with Crippen LogP contribution in [0.2, 0.25) is 0 Å². The van der Waals surface area contributed by atoms with Gasteiger partial charge in [0, 0.05) is 50.5 Å². The normalized spacial score (nSPS) is 19.9. The average molecular weight is 509 g/mol. The molecule has 0 aliphatic carbocycles. The lowest BCUT2D eigenvalue weighted by atomic mass is 9.79. The Morgan fingerprint density at radius 2 is 1.83 bits per heavy atom. The second-order valence-electron chi connectivity index (χ2n) is 9.04. The van der Waals surface area contributed by atoms with Crippen molar-refractivity contribution in [2.45, 2.75) is 32.0 Å². The Hall–Kier alpha value is -3.34. The number of para-hydroxylation sites is 1. The van der Waals surface area contributed by atoms with Crippen molar-refractivity contribution in [2.75, 3.05) is 39.3 Å². The van der Waals surface area contributed by atoms with Crippen LogP contribution in [-0.4, -0.2) is 77.4 Å². The molecule has 2 aliphatic heterocycles. The molecule has 1 spiro atoms. The number of aliphatic carboxylic acids is 1. The number of ether oxygens (including phenoxy) is 1. The van der Waals surface area contributed by atoms with Crippen molar-refractivity contribution < 1.29 is 32.6 Å². The number of rotatable bonds is 6. The lowest BCUT2D eigenvalue weighted by molar-refractivity contribution is -0.192. The van der Waals surface area contributed by atoms with E-state index in [0.29, 0.717) is 13.2 Å². The van der Waals surface area contributed by atoms with Crippen molar-refractivity contribution in [3.05, 3.63) is 60.4 Å². The van der Waals surface area contributed by atoms with Crippen molar-refractivity contribution in [1.82, 2.24) is 20.1 Å². The first-order valence-corrected chi connectivity index (χ1v) is 11.8. The minimum absolute atomic E-state index is 0.0373. The molecule has 2 aliphatic rings. The first kappa shape index (κ1) is 27.3. The predicted octanol–water partition coefficient (Wildman–Crippen LogP) is 3.79. The number of pyridine rings is 1. The number of carboxylic acids is 1. The van der Waals surface area contributed by atoms with E-state index < -0.39 is 12.1 Å². The second-order valence-corrected chi connectivity index (χ2v) is 9.04. The first-order chi connectivity index (χ1) is 17.2. The van der Waals surface area contributed by atoms with Gasteiger partial charge in [-0.25, -0.2) is 9.59 Å². The number of carbonyl (C=O) groups excluding carboxylic acids is 1. The summed E-state index contributed by atoms with van der Waals surface area (Å²) in [6, 6.07) is 13.9. The van der Waals surface area contributed by atoms with Gasteiger partial charge in [-0.3, -0.25) is 9.88 Å². The van der Waals surface area contributed by atoms with Crippen LogP contribution in [0.25, 0.3) is 0 Å². The SMILES string of the molecule is O=C(NCc1cccnc1)N1CCC2(CCCN(CCOc3ccccc3)C2)C1.O=C(O)C(F)(F)F. The van der Waals surface area contributed by atoms with Crippen molar-refractivity contribution in [1.29, 1.82) is 0 Å². The van der Waals surface area contributed by atoms with Gasteiger partial charge in [0.05, 0.1) is 0 Å². The molecule has 8 nitrogen and oxygen atoms in total. The molecule has 196 valence electrons. The van der Waals surface area contributed by atoms with Crippen molar-refractivity contribution in [2.24, 2.45) is 5.41 Å². The molecule has 1 aromatic heterocycles. The molecule has 4 rings (SSSR count). The van der Waals surface area contributed by atoms with E-state index in [1.165, 1.54) is 12.8 Å². The standard InChI is InChI=1S/C23H30N4O2.C2HF3O2/c28-22(25-17-20-6-4-11-24-16-20)27-13-10-23(19-27)9-5-12-26(18-23)14-15-29-21-7-2-1-3-8-21;3-2(4,5)1(6)7/h1-4,6-8,11,16H,5,9-10,12-15,17-19H2,(H,25,28);(H,6,7). The number of alkyl halides is 3. The highest BCUT2D eigenvalue weighted by Crippen LogP contribution is 2.38. The van der Waals surface area contributed by atoms with Crippen LogP contribution in [0.1, 0.15) is 24.8 Å². The highest BCUT2D eigenvalue weighted by molar-refractivity contribution is 5.74. The van der Waals surface area contributed by atoms with E-state index in [1.54, 1.807) is 12.4 Å². The van der Waals surface area contributed by atoms with E-state index in [4.69, 9.17) is 14.6 Å². The zero-order valence-electron chi connectivity index (χ0n) is 19.9. The number of carbonyl (C=O) groups is 2. The van der Waals surface area contributed by atoms with E-state index in [1.807, 2.05) is 47.4 Å². The Morgan fingerprint density at radius 3 is 2.50 bits per heavy atom. The quantitative estimate of drug-likeness (QED) is 0.617. The summed E-state index contributed by atoms with van der Waals surface area (Å²) < 4.78 is 37.6. The monoisotopic (exact) mass is 508 g/mol. The highest BCUT2D eigenvalue weighted by Gasteiger charge is 2.42. The number of hydrogen-bond donors (Lipinski definition) is 2. The van der Waals surface area contributed by atoms with Gasteiger partial charge in [-0.2, -0.15) is 13.2 Å². The third kappa shape index (κ3) is 8.40. The molecule has 0 radical (unpaired) electrons. The van der Waals surface area contributed by atoms with Crippen molar-refractivity contribution in [3.8, 4) is 5.75 Å². The zero-order chi connectivity index (χ0) is 26.0. The smallest absolute Gasteiger partial charge is 0.490 e.